The van der Waals surface area contributed by atoms with Crippen LogP contribution >= 0.6 is 0 Å². The van der Waals surface area contributed by atoms with E-state index in [1.54, 1.807) is 12.1 Å². The molecule has 1 heterocycles. The molecule has 23 heavy (non-hydrogen) atoms. The summed E-state index contributed by atoms with van der Waals surface area (Å²) in [5.41, 5.74) is -0.204. The maximum atomic E-state index is 13.8. The summed E-state index contributed by atoms with van der Waals surface area (Å²) in [6.07, 6.45) is 3.86. The first-order valence-electron chi connectivity index (χ1n) is 7.74. The zero-order chi connectivity index (χ0) is 16.4. The summed E-state index contributed by atoms with van der Waals surface area (Å²) >= 11 is 0. The maximum Gasteiger partial charge on any atom is 0.331 e. The topological polar surface area (TPSA) is 71.2 Å². The molecule has 1 amide bonds. The summed E-state index contributed by atoms with van der Waals surface area (Å²) in [7, 11) is 1.32. The van der Waals surface area contributed by atoms with Crippen LogP contribution in [0.25, 0.3) is 10.9 Å². The summed E-state index contributed by atoms with van der Waals surface area (Å²) in [4.78, 5) is 27.6. The monoisotopic (exact) mass is 318 g/mol. The van der Waals surface area contributed by atoms with Gasteiger partial charge in [0.1, 0.15) is 17.1 Å². The number of aromatic nitrogens is 1. The molecule has 1 aliphatic carbocycles. The molecule has 1 aromatic carbocycles. The number of methoxy groups -OCH3 is 1. The van der Waals surface area contributed by atoms with Gasteiger partial charge in [-0.2, -0.15) is 0 Å². The molecule has 2 aromatic rings. The fourth-order valence-corrected chi connectivity index (χ4v) is 3.26. The van der Waals surface area contributed by atoms with Gasteiger partial charge in [0.2, 0.25) is 0 Å². The number of benzene rings is 1. The highest BCUT2D eigenvalue weighted by Crippen LogP contribution is 2.30. The van der Waals surface area contributed by atoms with Crippen molar-refractivity contribution >= 4 is 22.8 Å². The second-order valence-corrected chi connectivity index (χ2v) is 5.97. The summed E-state index contributed by atoms with van der Waals surface area (Å²) in [6, 6.07) is 6.08. The predicted molar refractivity (Wildman–Crippen MR) is 83.6 cm³/mol. The van der Waals surface area contributed by atoms with Crippen molar-refractivity contribution in [1.29, 1.82) is 0 Å². The first-order chi connectivity index (χ1) is 11.1. The minimum atomic E-state index is -0.986. The molecule has 1 saturated carbocycles. The van der Waals surface area contributed by atoms with Gasteiger partial charge in [0, 0.05) is 10.9 Å². The van der Waals surface area contributed by atoms with Crippen molar-refractivity contribution in [3.8, 4) is 0 Å². The third-order valence-corrected chi connectivity index (χ3v) is 4.49. The Kier molecular flexibility index (Phi) is 4.07. The average Bonchev–Trinajstić information content (AvgIpc) is 3.01. The van der Waals surface area contributed by atoms with Crippen molar-refractivity contribution < 1.29 is 18.7 Å². The number of carbonyl (C=O) groups is 2. The van der Waals surface area contributed by atoms with Crippen LogP contribution in [-0.4, -0.2) is 29.5 Å². The smallest absolute Gasteiger partial charge is 0.331 e. The molecule has 0 atom stereocenters. The van der Waals surface area contributed by atoms with E-state index in [1.165, 1.54) is 19.2 Å². The van der Waals surface area contributed by atoms with Crippen molar-refractivity contribution in [3.05, 3.63) is 35.8 Å². The van der Waals surface area contributed by atoms with E-state index in [0.717, 1.165) is 19.3 Å². The van der Waals surface area contributed by atoms with Crippen LogP contribution in [0.4, 0.5) is 4.39 Å². The zero-order valence-corrected chi connectivity index (χ0v) is 12.9. The minimum Gasteiger partial charge on any atom is -0.467 e. The van der Waals surface area contributed by atoms with Gasteiger partial charge in [0.15, 0.2) is 0 Å². The number of hydrogen-bond acceptors (Lipinski definition) is 3. The van der Waals surface area contributed by atoms with Crippen molar-refractivity contribution in [2.45, 2.75) is 37.6 Å². The molecule has 1 aromatic heterocycles. The first-order valence-corrected chi connectivity index (χ1v) is 7.74. The summed E-state index contributed by atoms with van der Waals surface area (Å²) < 4.78 is 18.6. The van der Waals surface area contributed by atoms with Gasteiger partial charge < -0.3 is 15.0 Å². The lowest BCUT2D eigenvalue weighted by Crippen LogP contribution is -2.56. The Morgan fingerprint density at radius 2 is 2.00 bits per heavy atom. The number of halogens is 1. The van der Waals surface area contributed by atoms with Gasteiger partial charge in [-0.05, 0) is 31.0 Å². The third-order valence-electron chi connectivity index (χ3n) is 4.49. The molecule has 0 aliphatic heterocycles. The minimum absolute atomic E-state index is 0.235. The molecule has 2 N–H and O–H groups in total. The molecule has 0 spiro atoms. The Bertz CT molecular complexity index is 747. The lowest BCUT2D eigenvalue weighted by Gasteiger charge is -2.35. The standard InChI is InChI=1S/C17H19FN2O3/c1-23-16(22)17(8-3-2-4-9-17)20-15(21)14-10-11-12(18)6-5-7-13(11)19-14/h5-7,10,19H,2-4,8-9H2,1H3,(H,20,21). The fraction of sp³-hybridized carbons (Fsp3) is 0.412. The van der Waals surface area contributed by atoms with Crippen LogP contribution in [0.3, 0.4) is 0 Å². The van der Waals surface area contributed by atoms with E-state index >= 15 is 0 Å². The Hall–Kier alpha value is -2.37. The van der Waals surface area contributed by atoms with Gasteiger partial charge in [0.05, 0.1) is 7.11 Å². The lowest BCUT2D eigenvalue weighted by atomic mass is 9.81. The number of aromatic amines is 1. The van der Waals surface area contributed by atoms with Crippen LogP contribution in [0, 0.1) is 5.82 Å². The van der Waals surface area contributed by atoms with Crippen molar-refractivity contribution in [2.24, 2.45) is 0 Å². The maximum absolute atomic E-state index is 13.8. The van der Waals surface area contributed by atoms with Gasteiger partial charge in [-0.3, -0.25) is 4.79 Å². The van der Waals surface area contributed by atoms with E-state index in [1.807, 2.05) is 0 Å². The van der Waals surface area contributed by atoms with E-state index in [2.05, 4.69) is 10.3 Å². The van der Waals surface area contributed by atoms with Gasteiger partial charge in [0.25, 0.3) is 5.91 Å². The highest BCUT2D eigenvalue weighted by molar-refractivity contribution is 6.00. The molecule has 1 aliphatic rings. The number of carbonyl (C=O) groups excluding carboxylic acids is 2. The Morgan fingerprint density at radius 3 is 2.65 bits per heavy atom. The fourth-order valence-electron chi connectivity index (χ4n) is 3.26. The van der Waals surface area contributed by atoms with Crippen molar-refractivity contribution in [3.63, 3.8) is 0 Å². The van der Waals surface area contributed by atoms with Crippen LogP contribution in [0.5, 0.6) is 0 Å². The number of rotatable bonds is 3. The van der Waals surface area contributed by atoms with E-state index in [0.29, 0.717) is 23.7 Å². The van der Waals surface area contributed by atoms with Crippen LogP contribution < -0.4 is 5.32 Å². The predicted octanol–water partition coefficient (Wildman–Crippen LogP) is 2.91. The van der Waals surface area contributed by atoms with Gasteiger partial charge in [-0.1, -0.05) is 25.3 Å². The Labute approximate surface area is 133 Å². The number of H-pyrrole nitrogens is 1. The number of esters is 1. The molecule has 122 valence electrons. The van der Waals surface area contributed by atoms with Crippen LogP contribution in [-0.2, 0) is 9.53 Å². The second kappa shape index (κ2) is 6.02. The number of nitrogens with one attached hydrogen (secondary N) is 2. The molecule has 0 bridgehead atoms. The molecular formula is C17H19FN2O3. The van der Waals surface area contributed by atoms with Crippen LogP contribution in [0.1, 0.15) is 42.6 Å². The molecular weight excluding hydrogens is 299 g/mol. The lowest BCUT2D eigenvalue weighted by molar-refractivity contribution is -0.149. The molecule has 5 nitrogen and oxygen atoms in total. The largest absolute Gasteiger partial charge is 0.467 e. The normalized spacial score (nSPS) is 17.0. The average molecular weight is 318 g/mol. The van der Waals surface area contributed by atoms with Crippen LogP contribution in [0.2, 0.25) is 0 Å². The Balaban J connectivity index is 1.88. The molecule has 1 fully saturated rings. The van der Waals surface area contributed by atoms with E-state index in [4.69, 9.17) is 4.74 Å². The van der Waals surface area contributed by atoms with Crippen molar-refractivity contribution in [2.75, 3.05) is 7.11 Å². The highest BCUT2D eigenvalue weighted by atomic mass is 19.1. The molecule has 0 saturated heterocycles. The number of amides is 1. The molecule has 0 radical (unpaired) electrons. The van der Waals surface area contributed by atoms with E-state index in [-0.39, 0.29) is 5.69 Å². The van der Waals surface area contributed by atoms with Crippen LogP contribution in [0.15, 0.2) is 24.3 Å². The highest BCUT2D eigenvalue weighted by Gasteiger charge is 2.42. The Morgan fingerprint density at radius 1 is 1.26 bits per heavy atom. The number of ether oxygens (including phenoxy) is 1. The molecule has 6 heteroatoms. The molecule has 0 unspecified atom stereocenters. The van der Waals surface area contributed by atoms with E-state index < -0.39 is 23.2 Å². The third kappa shape index (κ3) is 2.81. The zero-order valence-electron chi connectivity index (χ0n) is 12.9. The molecule has 3 rings (SSSR count). The second-order valence-electron chi connectivity index (χ2n) is 5.97. The summed E-state index contributed by atoms with van der Waals surface area (Å²) in [5, 5.41) is 3.17. The van der Waals surface area contributed by atoms with E-state index in [9.17, 15) is 14.0 Å². The number of fused-ring (bicyclic) bond motifs is 1. The van der Waals surface area contributed by atoms with Gasteiger partial charge >= 0.3 is 5.97 Å². The van der Waals surface area contributed by atoms with Gasteiger partial charge in [-0.15, -0.1) is 0 Å². The first kappa shape index (κ1) is 15.5. The summed E-state index contributed by atoms with van der Waals surface area (Å²) in [6.45, 7) is 0. The number of hydrogen-bond donors (Lipinski definition) is 2. The quantitative estimate of drug-likeness (QED) is 0.855. The SMILES string of the molecule is COC(=O)C1(NC(=O)c2cc3c(F)cccc3[nH]2)CCCCC1. The van der Waals surface area contributed by atoms with Gasteiger partial charge in [-0.25, -0.2) is 9.18 Å². The van der Waals surface area contributed by atoms with Crippen molar-refractivity contribution in [1.82, 2.24) is 10.3 Å². The summed E-state index contributed by atoms with van der Waals surface area (Å²) in [5.74, 6) is -1.24.